The average Bonchev–Trinajstić information content (AvgIpc) is 2.83. The standard InChI is InChI=1S/C15H12O/c1-11-14-5-3-2-4-12(14)6-7-15(11)13-8-9-16-10-13/h2-10H,1H3. The summed E-state index contributed by atoms with van der Waals surface area (Å²) < 4.78 is 5.14. The molecule has 0 aliphatic carbocycles. The van der Waals surface area contributed by atoms with Gasteiger partial charge in [0.15, 0.2) is 0 Å². The largest absolute Gasteiger partial charge is 0.472 e. The lowest BCUT2D eigenvalue weighted by atomic mass is 9.97. The Balaban J connectivity index is 2.32. The van der Waals surface area contributed by atoms with Gasteiger partial charge in [-0.25, -0.2) is 0 Å². The van der Waals surface area contributed by atoms with Gasteiger partial charge < -0.3 is 4.42 Å². The minimum atomic E-state index is 1.14. The van der Waals surface area contributed by atoms with Crippen LogP contribution in [-0.4, -0.2) is 0 Å². The number of fused-ring (bicyclic) bond motifs is 1. The molecule has 0 spiro atoms. The topological polar surface area (TPSA) is 13.1 Å². The molecular weight excluding hydrogens is 196 g/mol. The van der Waals surface area contributed by atoms with Crippen LogP contribution in [0.2, 0.25) is 0 Å². The molecule has 16 heavy (non-hydrogen) atoms. The fourth-order valence-electron chi connectivity index (χ4n) is 2.16. The van der Waals surface area contributed by atoms with E-state index in [9.17, 15) is 0 Å². The van der Waals surface area contributed by atoms with Crippen molar-refractivity contribution in [3.05, 3.63) is 60.6 Å². The molecule has 0 atom stereocenters. The third-order valence-corrected chi connectivity index (χ3v) is 3.03. The van der Waals surface area contributed by atoms with Crippen molar-refractivity contribution in [2.24, 2.45) is 0 Å². The van der Waals surface area contributed by atoms with Crippen LogP contribution < -0.4 is 0 Å². The molecule has 0 aliphatic rings. The van der Waals surface area contributed by atoms with E-state index in [0.717, 1.165) is 5.56 Å². The van der Waals surface area contributed by atoms with Crippen LogP contribution in [0.1, 0.15) is 5.56 Å². The second-order valence-corrected chi connectivity index (χ2v) is 3.97. The van der Waals surface area contributed by atoms with Crippen molar-refractivity contribution in [2.45, 2.75) is 6.92 Å². The molecule has 0 unspecified atom stereocenters. The van der Waals surface area contributed by atoms with E-state index in [4.69, 9.17) is 4.42 Å². The second kappa shape index (κ2) is 3.53. The van der Waals surface area contributed by atoms with Gasteiger partial charge in [0.1, 0.15) is 0 Å². The summed E-state index contributed by atoms with van der Waals surface area (Å²) in [5.41, 5.74) is 3.69. The summed E-state index contributed by atoms with van der Waals surface area (Å²) >= 11 is 0. The van der Waals surface area contributed by atoms with Crippen LogP contribution in [0.25, 0.3) is 21.9 Å². The maximum atomic E-state index is 5.14. The van der Waals surface area contributed by atoms with E-state index in [-0.39, 0.29) is 0 Å². The number of benzene rings is 2. The third kappa shape index (κ3) is 1.33. The Bertz CT molecular complexity index is 621. The van der Waals surface area contributed by atoms with Crippen LogP contribution in [-0.2, 0) is 0 Å². The molecule has 0 radical (unpaired) electrons. The van der Waals surface area contributed by atoms with Crippen molar-refractivity contribution in [1.82, 2.24) is 0 Å². The molecule has 0 saturated carbocycles. The van der Waals surface area contributed by atoms with Gasteiger partial charge in [-0.15, -0.1) is 0 Å². The summed E-state index contributed by atoms with van der Waals surface area (Å²) in [6.07, 6.45) is 3.50. The molecule has 78 valence electrons. The third-order valence-electron chi connectivity index (χ3n) is 3.03. The van der Waals surface area contributed by atoms with E-state index in [0.29, 0.717) is 0 Å². The van der Waals surface area contributed by atoms with Gasteiger partial charge in [-0.2, -0.15) is 0 Å². The number of furan rings is 1. The Morgan fingerprint density at radius 1 is 0.938 bits per heavy atom. The lowest BCUT2D eigenvalue weighted by Crippen LogP contribution is -1.83. The minimum Gasteiger partial charge on any atom is -0.472 e. The summed E-state index contributed by atoms with van der Waals surface area (Å²) in [5.74, 6) is 0. The van der Waals surface area contributed by atoms with Crippen molar-refractivity contribution < 1.29 is 4.42 Å². The molecule has 0 aliphatic heterocycles. The Labute approximate surface area is 94.3 Å². The van der Waals surface area contributed by atoms with E-state index in [1.165, 1.54) is 21.9 Å². The molecule has 0 bridgehead atoms. The van der Waals surface area contributed by atoms with Gasteiger partial charge in [0.25, 0.3) is 0 Å². The van der Waals surface area contributed by atoms with Gasteiger partial charge in [-0.1, -0.05) is 36.4 Å². The maximum absolute atomic E-state index is 5.14. The lowest BCUT2D eigenvalue weighted by Gasteiger charge is -2.07. The Hall–Kier alpha value is -2.02. The van der Waals surface area contributed by atoms with E-state index >= 15 is 0 Å². The zero-order chi connectivity index (χ0) is 11.0. The smallest absolute Gasteiger partial charge is 0.0981 e. The first-order chi connectivity index (χ1) is 7.86. The summed E-state index contributed by atoms with van der Waals surface area (Å²) in [6, 6.07) is 14.8. The second-order valence-electron chi connectivity index (χ2n) is 3.97. The van der Waals surface area contributed by atoms with Crippen molar-refractivity contribution in [1.29, 1.82) is 0 Å². The molecule has 1 heterocycles. The Kier molecular flexibility index (Phi) is 2.03. The molecule has 1 heteroatoms. The van der Waals surface area contributed by atoms with Crippen LogP contribution in [0.3, 0.4) is 0 Å². The fourth-order valence-corrected chi connectivity index (χ4v) is 2.16. The van der Waals surface area contributed by atoms with Crippen LogP contribution in [0.4, 0.5) is 0 Å². The van der Waals surface area contributed by atoms with Crippen molar-refractivity contribution in [2.75, 3.05) is 0 Å². The first-order valence-corrected chi connectivity index (χ1v) is 5.37. The summed E-state index contributed by atoms with van der Waals surface area (Å²) in [5, 5.41) is 2.59. The predicted molar refractivity (Wildman–Crippen MR) is 66.4 cm³/mol. The molecule has 2 aromatic carbocycles. The fraction of sp³-hybridized carbons (Fsp3) is 0.0667. The molecule has 0 amide bonds. The number of rotatable bonds is 1. The number of hydrogen-bond donors (Lipinski definition) is 0. The molecule has 3 rings (SSSR count). The van der Waals surface area contributed by atoms with Crippen molar-refractivity contribution in [3.63, 3.8) is 0 Å². The van der Waals surface area contributed by atoms with Crippen LogP contribution in [0.15, 0.2) is 59.4 Å². The first kappa shape index (κ1) is 9.22. The lowest BCUT2D eigenvalue weighted by molar-refractivity contribution is 0.568. The van der Waals surface area contributed by atoms with Gasteiger partial charge >= 0.3 is 0 Å². The van der Waals surface area contributed by atoms with Gasteiger partial charge in [0.05, 0.1) is 12.5 Å². The molecular formula is C15H12O. The molecule has 1 aromatic heterocycles. The van der Waals surface area contributed by atoms with E-state index in [1.54, 1.807) is 12.5 Å². The van der Waals surface area contributed by atoms with Crippen LogP contribution in [0, 0.1) is 6.92 Å². The molecule has 0 fully saturated rings. The monoisotopic (exact) mass is 208 g/mol. The summed E-state index contributed by atoms with van der Waals surface area (Å²) in [4.78, 5) is 0. The highest BCUT2D eigenvalue weighted by molar-refractivity contribution is 5.91. The summed E-state index contributed by atoms with van der Waals surface area (Å²) in [6.45, 7) is 2.16. The van der Waals surface area contributed by atoms with E-state index < -0.39 is 0 Å². The summed E-state index contributed by atoms with van der Waals surface area (Å²) in [7, 11) is 0. The SMILES string of the molecule is Cc1c(-c2ccoc2)ccc2ccccc12. The quantitative estimate of drug-likeness (QED) is 0.577. The van der Waals surface area contributed by atoms with Crippen LogP contribution >= 0.6 is 0 Å². The minimum absolute atomic E-state index is 1.14. The van der Waals surface area contributed by atoms with Crippen LogP contribution in [0.5, 0.6) is 0 Å². The van der Waals surface area contributed by atoms with Gasteiger partial charge in [-0.05, 0) is 34.9 Å². The Morgan fingerprint density at radius 2 is 1.81 bits per heavy atom. The van der Waals surface area contributed by atoms with Crippen molar-refractivity contribution in [3.8, 4) is 11.1 Å². The maximum Gasteiger partial charge on any atom is 0.0981 e. The zero-order valence-corrected chi connectivity index (χ0v) is 9.10. The van der Waals surface area contributed by atoms with Gasteiger partial charge in [0, 0.05) is 5.56 Å². The molecule has 0 saturated heterocycles. The van der Waals surface area contributed by atoms with E-state index in [2.05, 4.69) is 43.3 Å². The Morgan fingerprint density at radius 3 is 2.62 bits per heavy atom. The number of aryl methyl sites for hydroxylation is 1. The zero-order valence-electron chi connectivity index (χ0n) is 9.10. The van der Waals surface area contributed by atoms with Gasteiger partial charge in [-0.3, -0.25) is 0 Å². The number of hydrogen-bond acceptors (Lipinski definition) is 1. The molecule has 1 nitrogen and oxygen atoms in total. The molecule has 3 aromatic rings. The van der Waals surface area contributed by atoms with E-state index in [1.807, 2.05) is 6.07 Å². The highest BCUT2D eigenvalue weighted by Gasteiger charge is 2.05. The molecule has 0 N–H and O–H groups in total. The predicted octanol–water partition coefficient (Wildman–Crippen LogP) is 4.41. The normalized spacial score (nSPS) is 10.8. The van der Waals surface area contributed by atoms with Crippen molar-refractivity contribution >= 4 is 10.8 Å². The average molecular weight is 208 g/mol. The first-order valence-electron chi connectivity index (χ1n) is 5.37. The highest BCUT2D eigenvalue weighted by Crippen LogP contribution is 2.29. The van der Waals surface area contributed by atoms with Gasteiger partial charge in [0.2, 0.25) is 0 Å². The highest BCUT2D eigenvalue weighted by atomic mass is 16.3.